The molecule has 6 heteroatoms. The molecular formula is C24H46N2O4. The molecule has 3 rings (SSSR count). The molecule has 3 aliphatic rings. The molecule has 3 fully saturated rings. The Hall–Kier alpha value is -0.240. The SMILES string of the molecule is CC(C)(C)OCCN1CCOC2(CCN(CCOC3CC(OC(C)(C)C)C3)CC2)C1. The van der Waals surface area contributed by atoms with E-state index in [2.05, 4.69) is 51.3 Å². The van der Waals surface area contributed by atoms with Gasteiger partial charge in [0, 0.05) is 39.3 Å². The highest BCUT2D eigenvalue weighted by molar-refractivity contribution is 4.93. The highest BCUT2D eigenvalue weighted by Crippen LogP contribution is 2.31. The van der Waals surface area contributed by atoms with Crippen molar-refractivity contribution in [3.8, 4) is 0 Å². The van der Waals surface area contributed by atoms with Crippen molar-refractivity contribution in [2.45, 2.75) is 96.2 Å². The Labute approximate surface area is 184 Å². The summed E-state index contributed by atoms with van der Waals surface area (Å²) in [4.78, 5) is 5.07. The molecule has 6 nitrogen and oxygen atoms in total. The van der Waals surface area contributed by atoms with E-state index in [1.807, 2.05) is 0 Å². The number of nitrogens with zero attached hydrogens (tertiary/aromatic N) is 2. The van der Waals surface area contributed by atoms with E-state index in [4.69, 9.17) is 18.9 Å². The second kappa shape index (κ2) is 10.1. The lowest BCUT2D eigenvalue weighted by Gasteiger charge is -2.47. The van der Waals surface area contributed by atoms with Crippen LogP contribution in [0.2, 0.25) is 0 Å². The first-order valence-electron chi connectivity index (χ1n) is 12.0. The summed E-state index contributed by atoms with van der Waals surface area (Å²) in [6, 6.07) is 0. The van der Waals surface area contributed by atoms with Crippen LogP contribution in [0, 0.1) is 0 Å². The van der Waals surface area contributed by atoms with E-state index < -0.39 is 0 Å². The third-order valence-electron chi connectivity index (χ3n) is 6.37. The number of piperidine rings is 1. The van der Waals surface area contributed by atoms with Crippen molar-refractivity contribution in [2.75, 3.05) is 59.1 Å². The maximum atomic E-state index is 6.30. The molecule has 1 saturated carbocycles. The monoisotopic (exact) mass is 426 g/mol. The normalized spacial score (nSPS) is 28.6. The molecular weight excluding hydrogens is 380 g/mol. The fraction of sp³-hybridized carbons (Fsp3) is 1.00. The van der Waals surface area contributed by atoms with Crippen LogP contribution in [-0.2, 0) is 18.9 Å². The number of likely N-dealkylation sites (tertiary alicyclic amines) is 1. The number of hydrogen-bond acceptors (Lipinski definition) is 6. The average Bonchev–Trinajstić information content (AvgIpc) is 2.59. The standard InChI is InChI=1S/C24H46N2O4/c1-22(2,3)28-15-12-26-13-16-29-24(19-26)7-9-25(10-8-24)11-14-27-20-17-21(18-20)30-23(4,5)6/h20-21H,7-19H2,1-6H3. The Bertz CT molecular complexity index is 514. The van der Waals surface area contributed by atoms with Gasteiger partial charge in [0.25, 0.3) is 0 Å². The molecule has 0 aromatic rings. The van der Waals surface area contributed by atoms with E-state index in [-0.39, 0.29) is 16.8 Å². The molecule has 0 aromatic heterocycles. The zero-order valence-corrected chi connectivity index (χ0v) is 20.4. The van der Waals surface area contributed by atoms with Gasteiger partial charge in [-0.05, 0) is 67.2 Å². The lowest BCUT2D eigenvalue weighted by Crippen LogP contribution is -2.57. The highest BCUT2D eigenvalue weighted by Gasteiger charge is 2.39. The minimum absolute atomic E-state index is 0.0445. The van der Waals surface area contributed by atoms with Crippen molar-refractivity contribution in [3.63, 3.8) is 0 Å². The first-order valence-corrected chi connectivity index (χ1v) is 12.0. The van der Waals surface area contributed by atoms with Gasteiger partial charge in [-0.25, -0.2) is 0 Å². The fourth-order valence-electron chi connectivity index (χ4n) is 4.68. The van der Waals surface area contributed by atoms with Crippen LogP contribution < -0.4 is 0 Å². The summed E-state index contributed by atoms with van der Waals surface area (Å²) in [5, 5.41) is 0. The van der Waals surface area contributed by atoms with Crippen LogP contribution in [0.4, 0.5) is 0 Å². The Kier molecular flexibility index (Phi) is 8.25. The first-order chi connectivity index (χ1) is 14.0. The molecule has 0 amide bonds. The molecule has 2 heterocycles. The van der Waals surface area contributed by atoms with Crippen molar-refractivity contribution in [1.82, 2.24) is 9.80 Å². The highest BCUT2D eigenvalue weighted by atomic mass is 16.5. The van der Waals surface area contributed by atoms with Crippen LogP contribution in [0.15, 0.2) is 0 Å². The zero-order valence-electron chi connectivity index (χ0n) is 20.4. The lowest BCUT2D eigenvalue weighted by molar-refractivity contribution is -0.154. The van der Waals surface area contributed by atoms with Crippen LogP contribution in [0.25, 0.3) is 0 Å². The molecule has 30 heavy (non-hydrogen) atoms. The van der Waals surface area contributed by atoms with Gasteiger partial charge in [-0.2, -0.15) is 0 Å². The Balaban J connectivity index is 1.28. The summed E-state index contributed by atoms with van der Waals surface area (Å²) in [6.45, 7) is 21.5. The van der Waals surface area contributed by atoms with Crippen LogP contribution in [0.1, 0.15) is 67.2 Å². The number of hydrogen-bond donors (Lipinski definition) is 0. The summed E-state index contributed by atoms with van der Waals surface area (Å²) >= 11 is 0. The maximum Gasteiger partial charge on any atom is 0.0833 e. The van der Waals surface area contributed by atoms with Crippen molar-refractivity contribution >= 4 is 0 Å². The van der Waals surface area contributed by atoms with Crippen molar-refractivity contribution < 1.29 is 18.9 Å². The second-order valence-corrected chi connectivity index (χ2v) is 11.4. The molecule has 0 bridgehead atoms. The van der Waals surface area contributed by atoms with E-state index in [0.29, 0.717) is 12.2 Å². The van der Waals surface area contributed by atoms with Crippen molar-refractivity contribution in [2.24, 2.45) is 0 Å². The average molecular weight is 427 g/mol. The minimum atomic E-state index is -0.0581. The third-order valence-corrected chi connectivity index (χ3v) is 6.37. The fourth-order valence-corrected chi connectivity index (χ4v) is 4.68. The predicted molar refractivity (Wildman–Crippen MR) is 120 cm³/mol. The smallest absolute Gasteiger partial charge is 0.0833 e. The van der Waals surface area contributed by atoms with E-state index >= 15 is 0 Å². The van der Waals surface area contributed by atoms with Crippen molar-refractivity contribution in [3.05, 3.63) is 0 Å². The molecule has 1 aliphatic carbocycles. The molecule has 1 spiro atoms. The van der Waals surface area contributed by atoms with Gasteiger partial charge in [-0.3, -0.25) is 4.90 Å². The van der Waals surface area contributed by atoms with Crippen LogP contribution in [0.3, 0.4) is 0 Å². The lowest BCUT2D eigenvalue weighted by atomic mass is 9.89. The van der Waals surface area contributed by atoms with E-state index in [0.717, 1.165) is 84.8 Å². The van der Waals surface area contributed by atoms with Gasteiger partial charge in [0.15, 0.2) is 0 Å². The van der Waals surface area contributed by atoms with Gasteiger partial charge in [0.05, 0.1) is 48.8 Å². The summed E-state index contributed by atoms with van der Waals surface area (Å²) in [5.74, 6) is 0. The number of morpholine rings is 1. The van der Waals surface area contributed by atoms with Gasteiger partial charge >= 0.3 is 0 Å². The summed E-state index contributed by atoms with van der Waals surface area (Å²) in [7, 11) is 0. The van der Waals surface area contributed by atoms with Crippen LogP contribution >= 0.6 is 0 Å². The Morgan fingerprint density at radius 2 is 1.50 bits per heavy atom. The molecule has 0 radical (unpaired) electrons. The van der Waals surface area contributed by atoms with E-state index in [9.17, 15) is 0 Å². The van der Waals surface area contributed by atoms with Gasteiger partial charge < -0.3 is 23.8 Å². The Morgan fingerprint density at radius 3 is 2.13 bits per heavy atom. The molecule has 0 aromatic carbocycles. The number of ether oxygens (including phenoxy) is 4. The quantitative estimate of drug-likeness (QED) is 0.593. The molecule has 0 atom stereocenters. The molecule has 2 aliphatic heterocycles. The number of rotatable bonds is 8. The first kappa shape index (κ1) is 24.4. The largest absolute Gasteiger partial charge is 0.377 e. The minimum Gasteiger partial charge on any atom is -0.377 e. The van der Waals surface area contributed by atoms with Crippen molar-refractivity contribution in [1.29, 1.82) is 0 Å². The van der Waals surface area contributed by atoms with Crippen LogP contribution in [0.5, 0.6) is 0 Å². The van der Waals surface area contributed by atoms with E-state index in [1.165, 1.54) is 0 Å². The molecule has 0 N–H and O–H groups in total. The molecule has 0 unspecified atom stereocenters. The van der Waals surface area contributed by atoms with E-state index in [1.54, 1.807) is 0 Å². The van der Waals surface area contributed by atoms with Crippen LogP contribution in [-0.4, -0.2) is 97.9 Å². The maximum absolute atomic E-state index is 6.30. The topological polar surface area (TPSA) is 43.4 Å². The van der Waals surface area contributed by atoms with Gasteiger partial charge in [0.2, 0.25) is 0 Å². The van der Waals surface area contributed by atoms with Gasteiger partial charge in [-0.15, -0.1) is 0 Å². The summed E-state index contributed by atoms with van der Waals surface area (Å²) in [6.07, 6.45) is 5.10. The second-order valence-electron chi connectivity index (χ2n) is 11.4. The Morgan fingerprint density at radius 1 is 0.833 bits per heavy atom. The third kappa shape index (κ3) is 8.03. The zero-order chi connectivity index (χ0) is 21.8. The molecule has 2 saturated heterocycles. The predicted octanol–water partition coefficient (Wildman–Crippen LogP) is 3.33. The molecule has 176 valence electrons. The summed E-state index contributed by atoms with van der Waals surface area (Å²) < 4.78 is 24.3. The summed E-state index contributed by atoms with van der Waals surface area (Å²) in [5.41, 5.74) is -0.0595. The van der Waals surface area contributed by atoms with Gasteiger partial charge in [-0.1, -0.05) is 0 Å². The van der Waals surface area contributed by atoms with Gasteiger partial charge in [0.1, 0.15) is 0 Å².